The van der Waals surface area contributed by atoms with Gasteiger partial charge in [0.2, 0.25) is 0 Å². The zero-order valence-electron chi connectivity index (χ0n) is 12.6. The Kier molecular flexibility index (Phi) is 6.17. The van der Waals surface area contributed by atoms with E-state index in [4.69, 9.17) is 4.74 Å². The molecule has 1 rings (SSSR count). The second-order valence-electron chi connectivity index (χ2n) is 4.63. The first-order valence-corrected chi connectivity index (χ1v) is 8.16. The molecule has 0 aliphatic heterocycles. The summed E-state index contributed by atoms with van der Waals surface area (Å²) in [6.45, 7) is 1.57. The van der Waals surface area contributed by atoms with Crippen molar-refractivity contribution in [2.75, 3.05) is 27.0 Å². The van der Waals surface area contributed by atoms with Crippen molar-refractivity contribution >= 4 is 15.8 Å². The van der Waals surface area contributed by atoms with Gasteiger partial charge in [0, 0.05) is 6.04 Å². The first-order valence-electron chi connectivity index (χ1n) is 6.45. The van der Waals surface area contributed by atoms with Gasteiger partial charge in [0.1, 0.15) is 11.5 Å². The van der Waals surface area contributed by atoms with Crippen LogP contribution in [-0.4, -0.2) is 46.7 Å². The Morgan fingerprint density at radius 1 is 1.24 bits per heavy atom. The Balaban J connectivity index is 2.99. The highest BCUT2D eigenvalue weighted by molar-refractivity contribution is 7.92. The second kappa shape index (κ2) is 7.42. The van der Waals surface area contributed by atoms with Gasteiger partial charge >= 0.3 is 5.97 Å². The Labute approximate surface area is 125 Å². The fraction of sp³-hybridized carbons (Fsp3) is 0.500. The van der Waals surface area contributed by atoms with Crippen LogP contribution in [0, 0.1) is 0 Å². The number of carbonyl (C=O) groups excluding carboxylic acids is 1. The zero-order chi connectivity index (χ0) is 16.0. The van der Waals surface area contributed by atoms with E-state index in [1.165, 1.54) is 7.11 Å². The molecule has 6 nitrogen and oxygen atoms in total. The highest BCUT2D eigenvalue weighted by Crippen LogP contribution is 2.24. The van der Waals surface area contributed by atoms with Gasteiger partial charge < -0.3 is 14.8 Å². The maximum atomic E-state index is 12.2. The molecule has 0 bridgehead atoms. The third-order valence-corrected chi connectivity index (χ3v) is 5.41. The average molecular weight is 315 g/mol. The number of methoxy groups -OCH3 is 2. The van der Waals surface area contributed by atoms with E-state index in [0.29, 0.717) is 5.75 Å². The molecule has 0 saturated heterocycles. The first-order chi connectivity index (χ1) is 9.85. The van der Waals surface area contributed by atoms with Crippen molar-refractivity contribution < 1.29 is 22.7 Å². The topological polar surface area (TPSA) is 81.7 Å². The van der Waals surface area contributed by atoms with Gasteiger partial charge in [-0.15, -0.1) is 0 Å². The molecule has 1 N–H and O–H groups in total. The van der Waals surface area contributed by atoms with Crippen LogP contribution in [0.2, 0.25) is 0 Å². The summed E-state index contributed by atoms with van der Waals surface area (Å²) < 4.78 is 34.0. The number of hydrogen-bond acceptors (Lipinski definition) is 6. The molecule has 0 saturated carbocycles. The Hall–Kier alpha value is -1.60. The number of esters is 1. The number of sulfone groups is 1. The molecule has 1 aromatic rings. The van der Waals surface area contributed by atoms with Crippen LogP contribution in [0.25, 0.3) is 0 Å². The van der Waals surface area contributed by atoms with Gasteiger partial charge in [-0.3, -0.25) is 4.79 Å². The molecule has 0 radical (unpaired) electrons. The third-order valence-electron chi connectivity index (χ3n) is 3.37. The van der Waals surface area contributed by atoms with Crippen LogP contribution < -0.4 is 10.1 Å². The summed E-state index contributed by atoms with van der Waals surface area (Å²) in [5, 5.41) is 2.21. The highest BCUT2D eigenvalue weighted by atomic mass is 32.2. The summed E-state index contributed by atoms with van der Waals surface area (Å²) in [6, 6.07) is 6.69. The molecule has 2 atom stereocenters. The minimum Gasteiger partial charge on any atom is -0.497 e. The van der Waals surface area contributed by atoms with Crippen molar-refractivity contribution in [1.29, 1.82) is 0 Å². The number of nitrogens with one attached hydrogen (secondary N) is 1. The van der Waals surface area contributed by atoms with Crippen LogP contribution in [0.1, 0.15) is 18.5 Å². The number of ether oxygens (including phenoxy) is 2. The summed E-state index contributed by atoms with van der Waals surface area (Å²) in [6.07, 6.45) is 0. The molecule has 7 heteroatoms. The summed E-state index contributed by atoms with van der Waals surface area (Å²) >= 11 is 0. The van der Waals surface area contributed by atoms with Crippen LogP contribution >= 0.6 is 0 Å². The molecule has 0 heterocycles. The lowest BCUT2D eigenvalue weighted by Crippen LogP contribution is -2.36. The van der Waals surface area contributed by atoms with Gasteiger partial charge in [0.05, 0.1) is 19.5 Å². The van der Waals surface area contributed by atoms with E-state index < -0.39 is 32.9 Å². The molecule has 0 amide bonds. The van der Waals surface area contributed by atoms with E-state index in [1.807, 2.05) is 0 Å². The molecule has 0 aliphatic carbocycles. The summed E-state index contributed by atoms with van der Waals surface area (Å²) in [7, 11) is 0.796. The van der Waals surface area contributed by atoms with Gasteiger partial charge in [-0.05, 0) is 31.7 Å². The quantitative estimate of drug-likeness (QED) is 0.754. The number of rotatable bonds is 7. The lowest BCUT2D eigenvalue weighted by molar-refractivity contribution is -0.137. The monoisotopic (exact) mass is 315 g/mol. The van der Waals surface area contributed by atoms with Crippen molar-refractivity contribution in [1.82, 2.24) is 5.32 Å². The van der Waals surface area contributed by atoms with Crippen LogP contribution in [0.5, 0.6) is 5.75 Å². The lowest BCUT2D eigenvalue weighted by atomic mass is 10.0. The number of benzene rings is 1. The summed E-state index contributed by atoms with van der Waals surface area (Å²) in [5.74, 6) is -0.691. The Bertz CT molecular complexity index is 568. The van der Waals surface area contributed by atoms with E-state index in [9.17, 15) is 13.2 Å². The SMILES string of the molecule is CNC(c1ccc(OC)cc1)C(C)S(=O)(=O)CC(=O)OC. The molecule has 0 aromatic heterocycles. The van der Waals surface area contributed by atoms with Gasteiger partial charge in [-0.2, -0.15) is 0 Å². The van der Waals surface area contributed by atoms with Gasteiger partial charge in [0.15, 0.2) is 9.84 Å². The van der Waals surface area contributed by atoms with Crippen LogP contribution in [0.15, 0.2) is 24.3 Å². The van der Waals surface area contributed by atoms with E-state index in [2.05, 4.69) is 10.1 Å². The summed E-state index contributed by atoms with van der Waals surface area (Å²) in [4.78, 5) is 11.2. The smallest absolute Gasteiger partial charge is 0.320 e. The van der Waals surface area contributed by atoms with Crippen LogP contribution in [-0.2, 0) is 19.4 Å². The summed E-state index contributed by atoms with van der Waals surface area (Å²) in [5.41, 5.74) is 0.805. The Morgan fingerprint density at radius 3 is 2.24 bits per heavy atom. The molecule has 1 aromatic carbocycles. The molecular weight excluding hydrogens is 294 g/mol. The van der Waals surface area contributed by atoms with Crippen molar-refractivity contribution in [3.05, 3.63) is 29.8 Å². The number of carbonyl (C=O) groups is 1. The zero-order valence-corrected chi connectivity index (χ0v) is 13.4. The molecule has 118 valence electrons. The van der Waals surface area contributed by atoms with Gasteiger partial charge in [0.25, 0.3) is 0 Å². The molecule has 2 unspecified atom stereocenters. The normalized spacial score (nSPS) is 14.3. The third kappa shape index (κ3) is 4.44. The van der Waals surface area contributed by atoms with E-state index in [0.717, 1.165) is 5.56 Å². The van der Waals surface area contributed by atoms with E-state index >= 15 is 0 Å². The largest absolute Gasteiger partial charge is 0.497 e. The van der Waals surface area contributed by atoms with Crippen molar-refractivity contribution in [3.8, 4) is 5.75 Å². The van der Waals surface area contributed by atoms with Gasteiger partial charge in [-0.1, -0.05) is 12.1 Å². The Morgan fingerprint density at radius 2 is 1.81 bits per heavy atom. The van der Waals surface area contributed by atoms with Gasteiger partial charge in [-0.25, -0.2) is 8.42 Å². The second-order valence-corrected chi connectivity index (χ2v) is 6.99. The average Bonchev–Trinajstić information content (AvgIpc) is 2.48. The molecule has 21 heavy (non-hydrogen) atoms. The predicted molar refractivity (Wildman–Crippen MR) is 80.1 cm³/mol. The lowest BCUT2D eigenvalue weighted by Gasteiger charge is -2.24. The standard InChI is InChI=1S/C14H21NO5S/c1-10(21(17,18)9-13(16)20-4)14(15-2)11-5-7-12(19-3)8-6-11/h5-8,10,14-15H,9H2,1-4H3. The minimum absolute atomic E-state index is 0.425. The highest BCUT2D eigenvalue weighted by Gasteiger charge is 2.31. The minimum atomic E-state index is -3.62. The van der Waals surface area contributed by atoms with Crippen molar-refractivity contribution in [2.45, 2.75) is 18.2 Å². The van der Waals surface area contributed by atoms with Crippen molar-refractivity contribution in [2.24, 2.45) is 0 Å². The first kappa shape index (κ1) is 17.5. The van der Waals surface area contributed by atoms with E-state index in [1.54, 1.807) is 45.3 Å². The molecular formula is C14H21NO5S. The molecule has 0 aliphatic rings. The van der Waals surface area contributed by atoms with Crippen LogP contribution in [0.4, 0.5) is 0 Å². The van der Waals surface area contributed by atoms with Crippen LogP contribution in [0.3, 0.4) is 0 Å². The maximum Gasteiger partial charge on any atom is 0.320 e. The fourth-order valence-corrected chi connectivity index (χ4v) is 3.46. The van der Waals surface area contributed by atoms with E-state index in [-0.39, 0.29) is 0 Å². The predicted octanol–water partition coefficient (Wildman–Crippen LogP) is 0.932. The van der Waals surface area contributed by atoms with Crippen molar-refractivity contribution in [3.63, 3.8) is 0 Å². The molecule has 0 spiro atoms. The fourth-order valence-electron chi connectivity index (χ4n) is 2.05. The number of hydrogen-bond donors (Lipinski definition) is 1. The molecule has 0 fully saturated rings. The maximum absolute atomic E-state index is 12.2.